The van der Waals surface area contributed by atoms with Crippen molar-refractivity contribution in [1.29, 1.82) is 0 Å². The molecule has 1 aromatic carbocycles. The van der Waals surface area contributed by atoms with Gasteiger partial charge < -0.3 is 10.1 Å². The minimum Gasteiger partial charge on any atom is -0.493 e. The van der Waals surface area contributed by atoms with Crippen LogP contribution in [-0.2, 0) is 9.59 Å². The summed E-state index contributed by atoms with van der Waals surface area (Å²) in [7, 11) is 3.46. The van der Waals surface area contributed by atoms with Crippen molar-refractivity contribution < 1.29 is 14.3 Å². The Labute approximate surface area is 130 Å². The number of carbonyl (C=O) groups excluding carboxylic acids is 2. The van der Waals surface area contributed by atoms with Crippen molar-refractivity contribution in [2.45, 2.75) is 13.3 Å². The van der Waals surface area contributed by atoms with Crippen LogP contribution in [0.4, 0.5) is 0 Å². The molecule has 0 bridgehead atoms. The Morgan fingerprint density at radius 2 is 2.05 bits per heavy atom. The predicted octanol–water partition coefficient (Wildman–Crippen LogP) is 1.25. The molecule has 1 fully saturated rings. The van der Waals surface area contributed by atoms with E-state index in [0.717, 1.165) is 12.0 Å². The number of hydrogen-bond acceptors (Lipinski definition) is 4. The van der Waals surface area contributed by atoms with Gasteiger partial charge in [0.25, 0.3) is 5.91 Å². The van der Waals surface area contributed by atoms with E-state index in [1.807, 2.05) is 31.2 Å². The molecule has 2 rings (SSSR count). The third kappa shape index (κ3) is 3.65. The minimum atomic E-state index is -0.241. The summed E-state index contributed by atoms with van der Waals surface area (Å²) in [5.41, 5.74) is 1.01. The van der Waals surface area contributed by atoms with Crippen LogP contribution in [0.2, 0.25) is 0 Å². The molecule has 6 heteroatoms. The first-order valence-electron chi connectivity index (χ1n) is 7.25. The highest BCUT2D eigenvalue weighted by atomic mass is 16.5. The zero-order valence-electron chi connectivity index (χ0n) is 13.1. The monoisotopic (exact) mass is 303 g/mol. The number of hydrogen-bond donors (Lipinski definition) is 1. The summed E-state index contributed by atoms with van der Waals surface area (Å²) in [6.45, 7) is 2.66. The second-order valence-corrected chi connectivity index (χ2v) is 5.20. The van der Waals surface area contributed by atoms with Gasteiger partial charge >= 0.3 is 0 Å². The van der Waals surface area contributed by atoms with Gasteiger partial charge in [0, 0.05) is 19.7 Å². The van der Waals surface area contributed by atoms with Gasteiger partial charge in [-0.1, -0.05) is 25.1 Å². The van der Waals surface area contributed by atoms with Crippen LogP contribution in [0.25, 0.3) is 6.08 Å². The molecule has 0 unspecified atom stereocenters. The first kappa shape index (κ1) is 16.0. The van der Waals surface area contributed by atoms with Crippen molar-refractivity contribution >= 4 is 17.9 Å². The Kier molecular flexibility index (Phi) is 5.16. The largest absolute Gasteiger partial charge is 0.493 e. The van der Waals surface area contributed by atoms with Gasteiger partial charge in [-0.15, -0.1) is 0 Å². The molecule has 22 heavy (non-hydrogen) atoms. The van der Waals surface area contributed by atoms with Gasteiger partial charge in [-0.05, 0) is 18.6 Å². The lowest BCUT2D eigenvalue weighted by molar-refractivity contribution is -0.149. The molecule has 0 atom stereocenters. The number of para-hydroxylation sites is 1. The number of nitrogens with one attached hydrogen (secondary N) is 1. The van der Waals surface area contributed by atoms with Crippen LogP contribution in [0.1, 0.15) is 18.9 Å². The van der Waals surface area contributed by atoms with Gasteiger partial charge in [-0.2, -0.15) is 0 Å². The summed E-state index contributed by atoms with van der Waals surface area (Å²) in [6.07, 6.45) is 2.55. The number of hydrazine groups is 1. The molecule has 0 aliphatic carbocycles. The van der Waals surface area contributed by atoms with Gasteiger partial charge in [-0.3, -0.25) is 14.6 Å². The van der Waals surface area contributed by atoms with Crippen molar-refractivity contribution in [2.75, 3.05) is 27.2 Å². The van der Waals surface area contributed by atoms with Gasteiger partial charge in [0.2, 0.25) is 5.91 Å². The average Bonchev–Trinajstić information content (AvgIpc) is 2.49. The molecule has 0 spiro atoms. The van der Waals surface area contributed by atoms with E-state index in [-0.39, 0.29) is 24.1 Å². The summed E-state index contributed by atoms with van der Waals surface area (Å²) in [4.78, 5) is 24.2. The normalized spacial score (nSPS) is 17.1. The Balaban J connectivity index is 2.31. The van der Waals surface area contributed by atoms with E-state index in [1.54, 1.807) is 25.2 Å². The first-order valence-corrected chi connectivity index (χ1v) is 7.25. The van der Waals surface area contributed by atoms with Gasteiger partial charge in [-0.25, -0.2) is 5.01 Å². The van der Waals surface area contributed by atoms with Gasteiger partial charge in [0.15, 0.2) is 0 Å². The summed E-state index contributed by atoms with van der Waals surface area (Å²) >= 11 is 0. The highest BCUT2D eigenvalue weighted by Crippen LogP contribution is 2.22. The van der Waals surface area contributed by atoms with Crippen LogP contribution in [-0.4, -0.2) is 49.1 Å². The molecular formula is C16H21N3O3. The van der Waals surface area contributed by atoms with E-state index in [1.165, 1.54) is 5.01 Å². The molecule has 1 aliphatic heterocycles. The number of rotatable bonds is 5. The fraction of sp³-hybridized carbons (Fsp3) is 0.375. The Morgan fingerprint density at radius 3 is 2.73 bits per heavy atom. The second kappa shape index (κ2) is 7.09. The molecule has 118 valence electrons. The lowest BCUT2D eigenvalue weighted by atomic mass is 10.1. The molecule has 6 nitrogen and oxygen atoms in total. The van der Waals surface area contributed by atoms with Crippen LogP contribution >= 0.6 is 0 Å². The van der Waals surface area contributed by atoms with E-state index >= 15 is 0 Å². The lowest BCUT2D eigenvalue weighted by Crippen LogP contribution is -2.54. The fourth-order valence-corrected chi connectivity index (χ4v) is 2.11. The van der Waals surface area contributed by atoms with Crippen molar-refractivity contribution in [3.63, 3.8) is 0 Å². The zero-order chi connectivity index (χ0) is 16.1. The molecule has 1 heterocycles. The standard InChI is InChI=1S/C16H21N3O3/c1-4-9-22-14-8-6-5-7-12(14)10-13-16(21)19(18(2)3)11-15(20)17-13/h5-8,10H,4,9,11H2,1-3H3,(H,17,20)/b13-10-. The quantitative estimate of drug-likeness (QED) is 0.832. The molecule has 1 aromatic rings. The number of piperazine rings is 1. The van der Waals surface area contributed by atoms with Gasteiger partial charge in [0.05, 0.1) is 6.61 Å². The van der Waals surface area contributed by atoms with Crippen LogP contribution in [0.5, 0.6) is 5.75 Å². The number of ether oxygens (including phenoxy) is 1. The summed E-state index contributed by atoms with van der Waals surface area (Å²) in [6, 6.07) is 7.44. The van der Waals surface area contributed by atoms with Gasteiger partial charge in [0.1, 0.15) is 18.0 Å². The third-order valence-electron chi connectivity index (χ3n) is 3.20. The van der Waals surface area contributed by atoms with Crippen molar-refractivity contribution in [2.24, 2.45) is 0 Å². The minimum absolute atomic E-state index is 0.0250. The Hall–Kier alpha value is -2.34. The summed E-state index contributed by atoms with van der Waals surface area (Å²) in [5, 5.41) is 5.63. The van der Waals surface area contributed by atoms with Crippen molar-refractivity contribution in [1.82, 2.24) is 15.3 Å². The van der Waals surface area contributed by atoms with E-state index < -0.39 is 0 Å². The topological polar surface area (TPSA) is 61.9 Å². The predicted molar refractivity (Wildman–Crippen MR) is 83.7 cm³/mol. The average molecular weight is 303 g/mol. The number of amides is 2. The Morgan fingerprint density at radius 1 is 1.32 bits per heavy atom. The number of nitrogens with zero attached hydrogens (tertiary/aromatic N) is 2. The van der Waals surface area contributed by atoms with E-state index in [0.29, 0.717) is 12.4 Å². The molecule has 1 N–H and O–H groups in total. The van der Waals surface area contributed by atoms with Crippen molar-refractivity contribution in [3.05, 3.63) is 35.5 Å². The Bertz CT molecular complexity index is 596. The SMILES string of the molecule is CCCOc1ccccc1/C=C1\NC(=O)CN(N(C)C)C1=O. The highest BCUT2D eigenvalue weighted by molar-refractivity contribution is 6.05. The molecule has 0 saturated carbocycles. The maximum atomic E-state index is 12.4. The maximum absolute atomic E-state index is 12.4. The van der Waals surface area contributed by atoms with Crippen LogP contribution in [0.15, 0.2) is 30.0 Å². The first-order chi connectivity index (χ1) is 10.5. The third-order valence-corrected chi connectivity index (χ3v) is 3.20. The second-order valence-electron chi connectivity index (χ2n) is 5.20. The van der Waals surface area contributed by atoms with E-state index in [2.05, 4.69) is 5.32 Å². The van der Waals surface area contributed by atoms with Crippen LogP contribution < -0.4 is 10.1 Å². The molecule has 0 radical (unpaired) electrons. The summed E-state index contributed by atoms with van der Waals surface area (Å²) < 4.78 is 5.67. The lowest BCUT2D eigenvalue weighted by Gasteiger charge is -2.32. The molecule has 1 aliphatic rings. The van der Waals surface area contributed by atoms with Crippen molar-refractivity contribution in [3.8, 4) is 5.75 Å². The van der Waals surface area contributed by atoms with E-state index in [4.69, 9.17) is 4.74 Å². The van der Waals surface area contributed by atoms with E-state index in [9.17, 15) is 9.59 Å². The molecular weight excluding hydrogens is 282 g/mol. The molecule has 0 aromatic heterocycles. The highest BCUT2D eigenvalue weighted by Gasteiger charge is 2.29. The molecule has 2 amide bonds. The maximum Gasteiger partial charge on any atom is 0.285 e. The molecule has 1 saturated heterocycles. The fourth-order valence-electron chi connectivity index (χ4n) is 2.11. The number of carbonyl (C=O) groups is 2. The number of benzene rings is 1. The smallest absolute Gasteiger partial charge is 0.285 e. The summed E-state index contributed by atoms with van der Waals surface area (Å²) in [5.74, 6) is 0.238. The van der Waals surface area contributed by atoms with Crippen LogP contribution in [0.3, 0.4) is 0 Å². The zero-order valence-corrected chi connectivity index (χ0v) is 13.1. The van der Waals surface area contributed by atoms with Crippen LogP contribution in [0, 0.1) is 0 Å².